The number of hydrogen-bond acceptors (Lipinski definition) is 4. The Labute approximate surface area is 134 Å². The number of carbonyl (C=O) groups is 1. The Morgan fingerprint density at radius 2 is 2.10 bits per heavy atom. The highest BCUT2D eigenvalue weighted by molar-refractivity contribution is 7.90. The molecule has 1 aromatic carbocycles. The summed E-state index contributed by atoms with van der Waals surface area (Å²) in [5.74, 6) is 0.556. The molecule has 1 amide bonds. The van der Waals surface area contributed by atoms with Crippen molar-refractivity contribution < 1.29 is 14.5 Å². The van der Waals surface area contributed by atoms with Gasteiger partial charge >= 0.3 is 0 Å². The van der Waals surface area contributed by atoms with Gasteiger partial charge in [0.25, 0.3) is 0 Å². The molecular formula is C15H23NO3S2. The van der Waals surface area contributed by atoms with Crippen LogP contribution in [0.5, 0.6) is 0 Å². The lowest BCUT2D eigenvalue weighted by Crippen LogP contribution is -2.43. The van der Waals surface area contributed by atoms with Gasteiger partial charge in [0.05, 0.1) is 24.8 Å². The lowest BCUT2D eigenvalue weighted by atomic mass is 9.99. The molecule has 6 heteroatoms. The van der Waals surface area contributed by atoms with Crippen LogP contribution >= 0.6 is 12.6 Å². The summed E-state index contributed by atoms with van der Waals surface area (Å²) in [6.07, 6.45) is 2.74. The maximum atomic E-state index is 12.2. The molecule has 4 nitrogen and oxygen atoms in total. The van der Waals surface area contributed by atoms with E-state index in [1.165, 1.54) is 0 Å². The Kier molecular flexibility index (Phi) is 8.84. The second-order valence-corrected chi connectivity index (χ2v) is 6.94. The van der Waals surface area contributed by atoms with E-state index in [4.69, 9.17) is 0 Å². The number of thiol groups is 1. The summed E-state index contributed by atoms with van der Waals surface area (Å²) in [6.45, 7) is -0.145. The van der Waals surface area contributed by atoms with Crippen LogP contribution in [0.15, 0.2) is 30.3 Å². The number of aliphatic hydroxyl groups is 1. The minimum atomic E-state index is -0.924. The number of amides is 1. The van der Waals surface area contributed by atoms with Crippen LogP contribution in [-0.4, -0.2) is 46.0 Å². The van der Waals surface area contributed by atoms with Gasteiger partial charge in [0.15, 0.2) is 0 Å². The Morgan fingerprint density at radius 3 is 2.62 bits per heavy atom. The monoisotopic (exact) mass is 329 g/mol. The first-order valence-corrected chi connectivity index (χ1v) is 9.28. The fourth-order valence-corrected chi connectivity index (χ4v) is 2.89. The third-order valence-electron chi connectivity index (χ3n) is 3.24. The van der Waals surface area contributed by atoms with Crippen LogP contribution in [0, 0.1) is 5.92 Å². The Bertz CT molecular complexity index is 415. The summed E-state index contributed by atoms with van der Waals surface area (Å²) in [5.41, 5.74) is 1.09. The van der Waals surface area contributed by atoms with Crippen molar-refractivity contribution in [2.45, 2.75) is 18.9 Å². The molecule has 0 aliphatic heterocycles. The smallest absolute Gasteiger partial charge is 0.224 e. The molecule has 0 radical (unpaired) electrons. The van der Waals surface area contributed by atoms with Gasteiger partial charge in [-0.2, -0.15) is 12.6 Å². The molecule has 3 atom stereocenters. The van der Waals surface area contributed by atoms with Gasteiger partial charge in [-0.3, -0.25) is 4.79 Å². The van der Waals surface area contributed by atoms with E-state index >= 15 is 0 Å². The molecule has 0 spiro atoms. The van der Waals surface area contributed by atoms with Crippen molar-refractivity contribution in [3.8, 4) is 0 Å². The highest BCUT2D eigenvalue weighted by Gasteiger charge is 2.21. The van der Waals surface area contributed by atoms with E-state index < -0.39 is 11.2 Å². The van der Waals surface area contributed by atoms with E-state index in [9.17, 15) is 14.5 Å². The molecule has 1 unspecified atom stereocenters. The highest BCUT2D eigenvalue weighted by Crippen LogP contribution is 2.11. The molecule has 0 bridgehead atoms. The van der Waals surface area contributed by atoms with Crippen LogP contribution in [0.1, 0.15) is 12.0 Å². The summed E-state index contributed by atoms with van der Waals surface area (Å²) in [4.78, 5) is 12.2. The van der Waals surface area contributed by atoms with Crippen molar-refractivity contribution in [1.29, 1.82) is 0 Å². The second-order valence-electron chi connectivity index (χ2n) is 5.02. The van der Waals surface area contributed by atoms with Crippen molar-refractivity contribution in [2.24, 2.45) is 5.92 Å². The number of nitrogens with one attached hydrogen (secondary N) is 1. The topological polar surface area (TPSA) is 72.4 Å². The van der Waals surface area contributed by atoms with Gasteiger partial charge in [0.2, 0.25) is 5.91 Å². The van der Waals surface area contributed by atoms with E-state index in [1.54, 1.807) is 6.26 Å². The number of aliphatic hydroxyl groups excluding tert-OH is 1. The van der Waals surface area contributed by atoms with Crippen molar-refractivity contribution in [3.63, 3.8) is 0 Å². The first-order valence-electron chi connectivity index (χ1n) is 6.92. The molecule has 0 heterocycles. The molecule has 0 aromatic heterocycles. The highest BCUT2D eigenvalue weighted by atomic mass is 32.2. The number of benzene rings is 1. The lowest BCUT2D eigenvalue weighted by molar-refractivity contribution is -0.125. The SMILES string of the molecule is C[S+]([O-])CC[C@@H](CO)NC(=O)[C@H](CS)Cc1ccccc1. The molecule has 0 fully saturated rings. The molecule has 0 aliphatic rings. The van der Waals surface area contributed by atoms with Gasteiger partial charge in [-0.05, 0) is 12.0 Å². The van der Waals surface area contributed by atoms with Crippen LogP contribution in [0.25, 0.3) is 0 Å². The van der Waals surface area contributed by atoms with Crippen molar-refractivity contribution >= 4 is 29.7 Å². The van der Waals surface area contributed by atoms with Crippen LogP contribution in [0.2, 0.25) is 0 Å². The van der Waals surface area contributed by atoms with Crippen LogP contribution in [0.4, 0.5) is 0 Å². The molecular weight excluding hydrogens is 306 g/mol. The van der Waals surface area contributed by atoms with Gasteiger partial charge in [0.1, 0.15) is 5.75 Å². The van der Waals surface area contributed by atoms with Crippen LogP contribution in [-0.2, 0) is 22.4 Å². The molecule has 0 saturated heterocycles. The van der Waals surface area contributed by atoms with E-state index in [0.717, 1.165) is 5.56 Å². The van der Waals surface area contributed by atoms with Crippen LogP contribution in [0.3, 0.4) is 0 Å². The van der Waals surface area contributed by atoms with E-state index in [1.807, 2.05) is 30.3 Å². The minimum absolute atomic E-state index is 0.116. The molecule has 0 saturated carbocycles. The van der Waals surface area contributed by atoms with Crippen molar-refractivity contribution in [2.75, 3.05) is 24.4 Å². The van der Waals surface area contributed by atoms with Gasteiger partial charge in [-0.25, -0.2) is 0 Å². The first kappa shape index (κ1) is 18.4. The Balaban J connectivity index is 2.53. The van der Waals surface area contributed by atoms with Gasteiger partial charge in [0, 0.05) is 12.2 Å². The van der Waals surface area contributed by atoms with Crippen molar-refractivity contribution in [1.82, 2.24) is 5.32 Å². The van der Waals surface area contributed by atoms with E-state index in [0.29, 0.717) is 24.3 Å². The summed E-state index contributed by atoms with van der Waals surface area (Å²) in [7, 11) is 0. The van der Waals surface area contributed by atoms with E-state index in [-0.39, 0.29) is 24.5 Å². The maximum Gasteiger partial charge on any atom is 0.224 e. The second kappa shape index (κ2) is 10.1. The third kappa shape index (κ3) is 7.22. The van der Waals surface area contributed by atoms with E-state index in [2.05, 4.69) is 17.9 Å². The minimum Gasteiger partial charge on any atom is -0.617 e. The molecule has 21 heavy (non-hydrogen) atoms. The fraction of sp³-hybridized carbons (Fsp3) is 0.533. The molecule has 2 N–H and O–H groups in total. The van der Waals surface area contributed by atoms with Gasteiger partial charge in [-0.1, -0.05) is 41.5 Å². The zero-order chi connectivity index (χ0) is 15.7. The summed E-state index contributed by atoms with van der Waals surface area (Å²) < 4.78 is 11.1. The number of rotatable bonds is 9. The third-order valence-corrected chi connectivity index (χ3v) is 4.49. The first-order chi connectivity index (χ1) is 10.1. The summed E-state index contributed by atoms with van der Waals surface area (Å²) >= 11 is 3.33. The number of hydrogen-bond donors (Lipinski definition) is 3. The average molecular weight is 329 g/mol. The predicted octanol–water partition coefficient (Wildman–Crippen LogP) is 1.02. The van der Waals surface area contributed by atoms with Gasteiger partial charge in [-0.15, -0.1) is 0 Å². The largest absolute Gasteiger partial charge is 0.617 e. The molecule has 1 aromatic rings. The Hall–Kier alpha value is -0.690. The predicted molar refractivity (Wildman–Crippen MR) is 90.1 cm³/mol. The average Bonchev–Trinajstić information content (AvgIpc) is 2.49. The zero-order valence-electron chi connectivity index (χ0n) is 12.2. The fourth-order valence-electron chi connectivity index (χ4n) is 1.98. The van der Waals surface area contributed by atoms with Crippen molar-refractivity contribution in [3.05, 3.63) is 35.9 Å². The normalized spacial score (nSPS) is 15.2. The summed E-state index contributed by atoms with van der Waals surface area (Å²) in [5, 5.41) is 12.1. The van der Waals surface area contributed by atoms with Crippen LogP contribution < -0.4 is 5.32 Å². The molecule has 1 rings (SSSR count). The quantitative estimate of drug-likeness (QED) is 0.468. The summed E-state index contributed by atoms with van der Waals surface area (Å²) in [6, 6.07) is 9.43. The maximum absolute atomic E-state index is 12.2. The standard InChI is InChI=1S/C15H23NO3S2/c1-21(19)8-7-14(10-17)16-15(18)13(11-20)9-12-5-3-2-4-6-12/h2-6,13-14,17,20H,7-11H2,1H3,(H,16,18)/t13-,14-,21?/m0/s1. The molecule has 0 aliphatic carbocycles. The number of carbonyl (C=O) groups excluding carboxylic acids is 1. The van der Waals surface area contributed by atoms with Gasteiger partial charge < -0.3 is 15.0 Å². The Morgan fingerprint density at radius 1 is 1.43 bits per heavy atom. The molecule has 118 valence electrons. The lowest BCUT2D eigenvalue weighted by Gasteiger charge is -2.20. The zero-order valence-corrected chi connectivity index (χ0v) is 13.9.